The number of likely N-dealkylation sites (tertiary alicyclic amines) is 1. The second-order valence-electron chi connectivity index (χ2n) is 7.67. The summed E-state index contributed by atoms with van der Waals surface area (Å²) >= 11 is 0. The molecule has 7 heteroatoms. The Balaban J connectivity index is 1.76. The molecule has 2 aromatic carbocycles. The maximum absolute atomic E-state index is 10.6. The number of para-hydroxylation sites is 2. The maximum Gasteiger partial charge on any atom is 0.329 e. The van der Waals surface area contributed by atoms with Crippen LogP contribution in [-0.2, 0) is 9.53 Å². The average molecular weight is 435 g/mol. The van der Waals surface area contributed by atoms with Gasteiger partial charge in [-0.1, -0.05) is 36.4 Å². The minimum Gasteiger partial charge on any atom is -0.480 e. The van der Waals surface area contributed by atoms with Crippen molar-refractivity contribution in [3.05, 3.63) is 72.7 Å². The molecule has 1 fully saturated rings. The summed E-state index contributed by atoms with van der Waals surface area (Å²) < 4.78 is 5.27. The summed E-state index contributed by atoms with van der Waals surface area (Å²) in [6, 6.07) is 20.1. The number of carboxylic acid groups (broad SMARTS) is 1. The summed E-state index contributed by atoms with van der Waals surface area (Å²) in [5.41, 5.74) is 1.97. The lowest BCUT2D eigenvalue weighted by molar-refractivity contribution is -0.142. The molecule has 0 bridgehead atoms. The molecule has 1 aliphatic heterocycles. The third-order valence-electron chi connectivity index (χ3n) is 5.39. The summed E-state index contributed by atoms with van der Waals surface area (Å²) in [4.78, 5) is 23.9. The Morgan fingerprint density at radius 1 is 1.12 bits per heavy atom. The highest BCUT2D eigenvalue weighted by molar-refractivity contribution is 5.82. The molecule has 1 aliphatic rings. The number of aliphatic carboxylic acids is 1. The van der Waals surface area contributed by atoms with Crippen molar-refractivity contribution in [2.45, 2.75) is 19.8 Å². The van der Waals surface area contributed by atoms with Crippen molar-refractivity contribution in [3.8, 4) is 0 Å². The number of anilines is 2. The molecule has 2 aromatic rings. The van der Waals surface area contributed by atoms with Crippen LogP contribution in [0.5, 0.6) is 0 Å². The highest BCUT2D eigenvalue weighted by Crippen LogP contribution is 2.30. The predicted molar refractivity (Wildman–Crippen MR) is 129 cm³/mol. The molecular weight excluding hydrogens is 404 g/mol. The minimum atomic E-state index is -0.929. The first kappa shape index (κ1) is 23.2. The topological polar surface area (TPSA) is 77.7 Å². The van der Waals surface area contributed by atoms with Crippen LogP contribution in [-0.4, -0.2) is 54.8 Å². The van der Waals surface area contributed by atoms with Crippen LogP contribution < -0.4 is 4.90 Å². The monoisotopic (exact) mass is 434 g/mol. The van der Waals surface area contributed by atoms with Gasteiger partial charge >= 0.3 is 5.97 Å². The third-order valence-corrected chi connectivity index (χ3v) is 5.39. The molecule has 0 amide bonds. The average Bonchev–Trinajstić information content (AvgIpc) is 2.81. The van der Waals surface area contributed by atoms with Crippen molar-refractivity contribution in [2.75, 3.05) is 31.2 Å². The normalized spacial score (nSPS) is 15.5. The Bertz CT molecular complexity index is 897. The molecular formula is C25H30N4O3. The molecule has 1 saturated heterocycles. The second-order valence-corrected chi connectivity index (χ2v) is 7.67. The molecule has 1 heterocycles. The van der Waals surface area contributed by atoms with E-state index >= 15 is 0 Å². The van der Waals surface area contributed by atoms with Crippen LogP contribution in [0.15, 0.2) is 82.7 Å². The van der Waals surface area contributed by atoms with Gasteiger partial charge in [0.05, 0.1) is 12.8 Å². The Hall–Kier alpha value is -3.45. The molecule has 1 N–H and O–H groups in total. The van der Waals surface area contributed by atoms with Gasteiger partial charge in [-0.15, -0.1) is 0 Å². The van der Waals surface area contributed by atoms with Gasteiger partial charge in [0.1, 0.15) is 12.4 Å². The number of ether oxygens (including phenoxy) is 1. The molecule has 0 spiro atoms. The molecule has 0 unspecified atom stereocenters. The Kier molecular flexibility index (Phi) is 8.57. The van der Waals surface area contributed by atoms with Gasteiger partial charge in [0.2, 0.25) is 0 Å². The Labute approximate surface area is 189 Å². The molecule has 0 atom stereocenters. The number of piperidine rings is 1. The van der Waals surface area contributed by atoms with Crippen molar-refractivity contribution in [2.24, 2.45) is 15.9 Å². The number of carbonyl (C=O) groups is 1. The number of hydrogen-bond donors (Lipinski definition) is 1. The second kappa shape index (κ2) is 11.8. The van der Waals surface area contributed by atoms with E-state index in [1.54, 1.807) is 6.20 Å². The van der Waals surface area contributed by atoms with E-state index in [9.17, 15) is 4.79 Å². The first-order chi connectivity index (χ1) is 15.6. The van der Waals surface area contributed by atoms with Gasteiger partial charge in [0.15, 0.2) is 5.82 Å². The molecule has 168 valence electrons. The molecule has 0 radical (unpaired) electrons. The van der Waals surface area contributed by atoms with Gasteiger partial charge in [0, 0.05) is 24.5 Å². The van der Waals surface area contributed by atoms with Gasteiger partial charge in [0.25, 0.3) is 0 Å². The fraction of sp³-hybridized carbons (Fsp3) is 0.320. The molecule has 3 rings (SSSR count). The fourth-order valence-electron chi connectivity index (χ4n) is 3.76. The van der Waals surface area contributed by atoms with Crippen LogP contribution in [0.4, 0.5) is 11.4 Å². The molecule has 0 aromatic heterocycles. The standard InChI is InChI=1S/C25H30N4O3/c1-20(28-15-13-21(14-16-28)18-32-19-25(30)31)27-24(17-26-2)29(22-9-5-3-6-10-22)23-11-7-4-8-12-23/h3-12,17,21H,2,13-16,18-19H2,1H3,(H,30,31)/b24-17+,27-20?. The zero-order valence-corrected chi connectivity index (χ0v) is 18.4. The van der Waals surface area contributed by atoms with Crippen LogP contribution in [0.1, 0.15) is 19.8 Å². The van der Waals surface area contributed by atoms with Gasteiger partial charge in [-0.25, -0.2) is 9.79 Å². The summed E-state index contributed by atoms with van der Waals surface area (Å²) in [5, 5.41) is 8.72. The fourth-order valence-corrected chi connectivity index (χ4v) is 3.76. The van der Waals surface area contributed by atoms with Crippen molar-refractivity contribution in [1.82, 2.24) is 4.90 Å². The molecule has 32 heavy (non-hydrogen) atoms. The van der Waals surface area contributed by atoms with Crippen LogP contribution >= 0.6 is 0 Å². The lowest BCUT2D eigenvalue weighted by Crippen LogP contribution is -2.38. The molecule has 0 saturated carbocycles. The lowest BCUT2D eigenvalue weighted by Gasteiger charge is -2.33. The van der Waals surface area contributed by atoms with Crippen molar-refractivity contribution in [3.63, 3.8) is 0 Å². The van der Waals surface area contributed by atoms with E-state index in [0.717, 1.165) is 43.1 Å². The lowest BCUT2D eigenvalue weighted by atomic mass is 9.98. The molecule has 0 aliphatic carbocycles. The van der Waals surface area contributed by atoms with E-state index in [-0.39, 0.29) is 6.61 Å². The summed E-state index contributed by atoms with van der Waals surface area (Å²) in [6.45, 7) is 7.60. The highest BCUT2D eigenvalue weighted by atomic mass is 16.5. The summed E-state index contributed by atoms with van der Waals surface area (Å²) in [6.07, 6.45) is 3.55. The van der Waals surface area contributed by atoms with E-state index in [1.165, 1.54) is 0 Å². The highest BCUT2D eigenvalue weighted by Gasteiger charge is 2.22. The largest absolute Gasteiger partial charge is 0.480 e. The maximum atomic E-state index is 10.6. The van der Waals surface area contributed by atoms with Crippen molar-refractivity contribution in [1.29, 1.82) is 0 Å². The van der Waals surface area contributed by atoms with Crippen molar-refractivity contribution >= 4 is 29.9 Å². The predicted octanol–water partition coefficient (Wildman–Crippen LogP) is 4.56. The van der Waals surface area contributed by atoms with E-state index in [0.29, 0.717) is 18.3 Å². The first-order valence-electron chi connectivity index (χ1n) is 10.7. The van der Waals surface area contributed by atoms with E-state index in [4.69, 9.17) is 14.8 Å². The quantitative estimate of drug-likeness (QED) is 0.463. The number of nitrogens with zero attached hydrogens (tertiary/aromatic N) is 4. The van der Waals surface area contributed by atoms with Crippen LogP contribution in [0.3, 0.4) is 0 Å². The smallest absolute Gasteiger partial charge is 0.329 e. The number of amidine groups is 1. The molecule has 7 nitrogen and oxygen atoms in total. The SMILES string of the molecule is C=N/C=C(\N=C(C)N1CCC(COCC(=O)O)CC1)N(c1ccccc1)c1ccccc1. The third kappa shape index (κ3) is 6.52. The van der Waals surface area contributed by atoms with E-state index in [2.05, 4.69) is 21.5 Å². The van der Waals surface area contributed by atoms with Gasteiger partial charge in [-0.05, 0) is 56.7 Å². The van der Waals surface area contributed by atoms with Crippen LogP contribution in [0.2, 0.25) is 0 Å². The zero-order chi connectivity index (χ0) is 22.8. The summed E-state index contributed by atoms with van der Waals surface area (Å²) in [7, 11) is 0. The Morgan fingerprint density at radius 3 is 2.19 bits per heavy atom. The number of carboxylic acids is 1. The van der Waals surface area contributed by atoms with Gasteiger partial charge < -0.3 is 14.7 Å². The van der Waals surface area contributed by atoms with Gasteiger partial charge in [-0.3, -0.25) is 9.89 Å². The number of benzene rings is 2. The van der Waals surface area contributed by atoms with Crippen molar-refractivity contribution < 1.29 is 14.6 Å². The number of rotatable bonds is 9. The van der Waals surface area contributed by atoms with Crippen LogP contribution in [0.25, 0.3) is 0 Å². The van der Waals surface area contributed by atoms with E-state index in [1.807, 2.05) is 67.6 Å². The summed E-state index contributed by atoms with van der Waals surface area (Å²) in [5.74, 6) is 1.03. The van der Waals surface area contributed by atoms with E-state index < -0.39 is 5.97 Å². The zero-order valence-electron chi connectivity index (χ0n) is 18.4. The number of hydrogen-bond acceptors (Lipinski definition) is 5. The number of aliphatic imine (C=N–C) groups is 2. The van der Waals surface area contributed by atoms with Crippen LogP contribution in [0, 0.1) is 5.92 Å². The minimum absolute atomic E-state index is 0.238. The Morgan fingerprint density at radius 2 is 1.69 bits per heavy atom. The first-order valence-corrected chi connectivity index (χ1v) is 10.7. The van der Waals surface area contributed by atoms with Gasteiger partial charge in [-0.2, -0.15) is 0 Å².